The van der Waals surface area contributed by atoms with E-state index >= 15 is 0 Å². The summed E-state index contributed by atoms with van der Waals surface area (Å²) in [6.07, 6.45) is 1.89. The predicted molar refractivity (Wildman–Crippen MR) is 69.7 cm³/mol. The monoisotopic (exact) mass is 322 g/mol. The van der Waals surface area contributed by atoms with Gasteiger partial charge < -0.3 is 10.5 Å². The van der Waals surface area contributed by atoms with Crippen LogP contribution in [-0.4, -0.2) is 17.1 Å². The Morgan fingerprint density at radius 1 is 1.53 bits per heavy atom. The zero-order chi connectivity index (χ0) is 11.8. The second-order valence-corrected chi connectivity index (χ2v) is 4.88. The van der Waals surface area contributed by atoms with E-state index in [-0.39, 0.29) is 23.6 Å². The van der Waals surface area contributed by atoms with Gasteiger partial charge in [0.05, 0.1) is 21.0 Å². The highest BCUT2D eigenvalue weighted by Crippen LogP contribution is 2.35. The smallest absolute Gasteiger partial charge is 0.273 e. The summed E-state index contributed by atoms with van der Waals surface area (Å²) >= 11 is 3.28. The first-order chi connectivity index (χ1) is 7.50. The van der Waals surface area contributed by atoms with Crippen molar-refractivity contribution in [1.82, 2.24) is 0 Å². The maximum atomic E-state index is 10.6. The van der Waals surface area contributed by atoms with Crippen molar-refractivity contribution in [3.8, 4) is 5.75 Å². The molecule has 1 fully saturated rings. The third-order valence-corrected chi connectivity index (χ3v) is 3.19. The molecular weight excluding hydrogens is 311 g/mol. The minimum absolute atomic E-state index is 0. The van der Waals surface area contributed by atoms with Crippen molar-refractivity contribution in [2.24, 2.45) is 5.73 Å². The molecule has 1 aromatic rings. The lowest BCUT2D eigenvalue weighted by atomic mass is 10.3. The summed E-state index contributed by atoms with van der Waals surface area (Å²) < 4.78 is 6.17. The van der Waals surface area contributed by atoms with Crippen LogP contribution in [0.4, 0.5) is 5.69 Å². The number of rotatable bonds is 4. The van der Waals surface area contributed by atoms with Crippen molar-refractivity contribution >= 4 is 34.0 Å². The van der Waals surface area contributed by atoms with E-state index in [2.05, 4.69) is 15.9 Å². The van der Waals surface area contributed by atoms with Crippen LogP contribution >= 0.6 is 28.3 Å². The van der Waals surface area contributed by atoms with Gasteiger partial charge in [-0.05, 0) is 34.8 Å². The van der Waals surface area contributed by atoms with Crippen molar-refractivity contribution in [2.45, 2.75) is 18.4 Å². The number of benzene rings is 1. The van der Waals surface area contributed by atoms with Crippen molar-refractivity contribution in [3.63, 3.8) is 0 Å². The van der Waals surface area contributed by atoms with Crippen LogP contribution in [0, 0.1) is 10.1 Å². The van der Waals surface area contributed by atoms with Gasteiger partial charge in [0.25, 0.3) is 5.69 Å². The number of non-ortho nitro benzene ring substituents is 1. The normalized spacial score (nSPS) is 15.9. The first-order valence-electron chi connectivity index (χ1n) is 4.86. The Morgan fingerprint density at radius 2 is 2.18 bits per heavy atom. The fraction of sp³-hybridized carbons (Fsp3) is 0.400. The van der Waals surface area contributed by atoms with Crippen LogP contribution in [0.5, 0.6) is 5.75 Å². The summed E-state index contributed by atoms with van der Waals surface area (Å²) in [6, 6.07) is 4.42. The van der Waals surface area contributed by atoms with E-state index in [4.69, 9.17) is 10.5 Å². The van der Waals surface area contributed by atoms with Gasteiger partial charge in [0, 0.05) is 6.07 Å². The molecule has 2 N–H and O–H groups in total. The molecule has 0 aromatic heterocycles. The second kappa shape index (κ2) is 5.20. The number of nitrogens with two attached hydrogens (primary N) is 1. The topological polar surface area (TPSA) is 78.4 Å². The van der Waals surface area contributed by atoms with Gasteiger partial charge in [-0.3, -0.25) is 10.1 Å². The molecule has 0 amide bonds. The molecule has 7 heteroatoms. The van der Waals surface area contributed by atoms with Gasteiger partial charge in [0.15, 0.2) is 0 Å². The number of hydrogen-bond acceptors (Lipinski definition) is 4. The molecule has 1 saturated carbocycles. The summed E-state index contributed by atoms with van der Waals surface area (Å²) in [4.78, 5) is 10.1. The SMILES string of the molecule is Cl.NC1(COc2cc([N+](=O)[O-])ccc2Br)CC1. The minimum Gasteiger partial charge on any atom is -0.490 e. The van der Waals surface area contributed by atoms with Gasteiger partial charge in [0.1, 0.15) is 12.4 Å². The van der Waals surface area contributed by atoms with E-state index in [0.29, 0.717) is 16.8 Å². The Labute approximate surface area is 113 Å². The molecule has 0 heterocycles. The molecule has 0 saturated heterocycles. The fourth-order valence-corrected chi connectivity index (χ4v) is 1.60. The van der Waals surface area contributed by atoms with Crippen LogP contribution in [0.1, 0.15) is 12.8 Å². The Balaban J connectivity index is 0.00000144. The van der Waals surface area contributed by atoms with Crippen LogP contribution in [0.3, 0.4) is 0 Å². The molecule has 0 radical (unpaired) electrons. The minimum atomic E-state index is -0.450. The Hall–Kier alpha value is -0.850. The summed E-state index contributed by atoms with van der Waals surface area (Å²) in [5, 5.41) is 10.6. The zero-order valence-corrected chi connectivity index (χ0v) is 11.3. The van der Waals surface area contributed by atoms with Crippen LogP contribution in [0.15, 0.2) is 22.7 Å². The van der Waals surface area contributed by atoms with E-state index in [0.717, 1.165) is 12.8 Å². The van der Waals surface area contributed by atoms with Gasteiger partial charge in [0.2, 0.25) is 0 Å². The van der Waals surface area contributed by atoms with Gasteiger partial charge in [-0.25, -0.2) is 0 Å². The fourth-order valence-electron chi connectivity index (χ4n) is 1.24. The van der Waals surface area contributed by atoms with Gasteiger partial charge in [-0.15, -0.1) is 12.4 Å². The Morgan fingerprint density at radius 3 is 2.71 bits per heavy atom. The van der Waals surface area contributed by atoms with E-state index in [9.17, 15) is 10.1 Å². The average Bonchev–Trinajstić information content (AvgIpc) is 2.95. The Bertz CT molecular complexity index is 438. The molecule has 2 rings (SSSR count). The van der Waals surface area contributed by atoms with Crippen molar-refractivity contribution in [2.75, 3.05) is 6.61 Å². The zero-order valence-electron chi connectivity index (χ0n) is 8.89. The number of hydrogen-bond donors (Lipinski definition) is 1. The first-order valence-corrected chi connectivity index (χ1v) is 5.65. The first kappa shape index (κ1) is 14.2. The highest BCUT2D eigenvalue weighted by atomic mass is 79.9. The molecule has 0 bridgehead atoms. The van der Waals surface area contributed by atoms with Crippen LogP contribution in [0.2, 0.25) is 0 Å². The molecular formula is C10H12BrClN2O3. The van der Waals surface area contributed by atoms with Gasteiger partial charge >= 0.3 is 0 Å². The number of halogens is 2. The Kier molecular flexibility index (Phi) is 4.35. The second-order valence-electron chi connectivity index (χ2n) is 4.02. The summed E-state index contributed by atoms with van der Waals surface area (Å²) in [5.74, 6) is 0.464. The molecule has 1 aliphatic carbocycles. The molecule has 1 aliphatic rings. The van der Waals surface area contributed by atoms with Gasteiger partial charge in [-0.2, -0.15) is 0 Å². The molecule has 17 heavy (non-hydrogen) atoms. The van der Waals surface area contributed by atoms with E-state index in [1.54, 1.807) is 6.07 Å². The van der Waals surface area contributed by atoms with Crippen LogP contribution in [-0.2, 0) is 0 Å². The molecule has 5 nitrogen and oxygen atoms in total. The standard InChI is InChI=1S/C10H11BrN2O3.ClH/c11-8-2-1-7(13(14)15)5-9(8)16-6-10(12)3-4-10;/h1-2,5H,3-4,6,12H2;1H. The molecule has 0 aliphatic heterocycles. The summed E-state index contributed by atoms with van der Waals surface area (Å²) in [5.41, 5.74) is 5.65. The largest absolute Gasteiger partial charge is 0.490 e. The highest BCUT2D eigenvalue weighted by molar-refractivity contribution is 9.10. The quantitative estimate of drug-likeness (QED) is 0.682. The third kappa shape index (κ3) is 3.55. The molecule has 0 atom stereocenters. The lowest BCUT2D eigenvalue weighted by molar-refractivity contribution is -0.385. The molecule has 0 unspecified atom stereocenters. The maximum Gasteiger partial charge on any atom is 0.273 e. The maximum absolute atomic E-state index is 10.6. The van der Waals surface area contributed by atoms with E-state index < -0.39 is 4.92 Å². The number of ether oxygens (including phenoxy) is 1. The number of nitro benzene ring substituents is 1. The highest BCUT2D eigenvalue weighted by Gasteiger charge is 2.39. The van der Waals surface area contributed by atoms with E-state index in [1.165, 1.54) is 12.1 Å². The number of nitro groups is 1. The van der Waals surface area contributed by atoms with Crippen molar-refractivity contribution < 1.29 is 9.66 Å². The lowest BCUT2D eigenvalue weighted by Crippen LogP contribution is -2.29. The third-order valence-electron chi connectivity index (χ3n) is 2.53. The average molecular weight is 324 g/mol. The lowest BCUT2D eigenvalue weighted by Gasteiger charge is -2.12. The van der Waals surface area contributed by atoms with Crippen molar-refractivity contribution in [1.29, 1.82) is 0 Å². The van der Waals surface area contributed by atoms with Crippen LogP contribution < -0.4 is 10.5 Å². The molecule has 1 aromatic carbocycles. The van der Waals surface area contributed by atoms with E-state index in [1.807, 2.05) is 0 Å². The number of nitrogens with zero attached hydrogens (tertiary/aromatic N) is 1. The molecule has 0 spiro atoms. The summed E-state index contributed by atoms with van der Waals surface area (Å²) in [7, 11) is 0. The van der Waals surface area contributed by atoms with Crippen molar-refractivity contribution in [3.05, 3.63) is 32.8 Å². The van der Waals surface area contributed by atoms with Crippen LogP contribution in [0.25, 0.3) is 0 Å². The van der Waals surface area contributed by atoms with Gasteiger partial charge in [-0.1, -0.05) is 0 Å². The summed E-state index contributed by atoms with van der Waals surface area (Å²) in [6.45, 7) is 0.396. The predicted octanol–water partition coefficient (Wildman–Crippen LogP) is 2.65. The molecule has 94 valence electrons.